The molecule has 0 atom stereocenters. The number of anilines is 2. The molecule has 18 heavy (non-hydrogen) atoms. The zero-order valence-corrected chi connectivity index (χ0v) is 9.86. The molecule has 2 aromatic rings. The number of rotatable bonds is 2. The Morgan fingerprint density at radius 3 is 2.50 bits per heavy atom. The Morgan fingerprint density at radius 1 is 1.11 bits per heavy atom. The van der Waals surface area contributed by atoms with Crippen LogP contribution in [0.2, 0.25) is 0 Å². The maximum absolute atomic E-state index is 4.32. The van der Waals surface area contributed by atoms with Gasteiger partial charge in [-0.25, -0.2) is 9.97 Å². The van der Waals surface area contributed by atoms with Crippen LogP contribution in [0.25, 0.3) is 0 Å². The Morgan fingerprint density at radius 2 is 1.83 bits per heavy atom. The first-order valence-electron chi connectivity index (χ1n) is 5.38. The molecule has 0 aliphatic carbocycles. The van der Waals surface area contributed by atoms with E-state index in [0.29, 0.717) is 5.95 Å². The molecule has 0 amide bonds. The minimum atomic E-state index is 0. The molecule has 86 valence electrons. The predicted molar refractivity (Wildman–Crippen MR) is 76.2 cm³/mol. The van der Waals surface area contributed by atoms with E-state index in [2.05, 4.69) is 27.1 Å². The van der Waals surface area contributed by atoms with Crippen LogP contribution < -0.4 is 5.32 Å². The average molecular weight is 247 g/mol. The first kappa shape index (κ1) is 14.7. The van der Waals surface area contributed by atoms with Crippen LogP contribution in [-0.4, -0.2) is 39.5 Å². The SMILES string of the molecule is CC#Cc1cc(C)nc(Nc2ccccc2)n1.[NaH]. The van der Waals surface area contributed by atoms with Gasteiger partial charge in [0, 0.05) is 11.4 Å². The zero-order valence-electron chi connectivity index (χ0n) is 9.86. The van der Waals surface area contributed by atoms with E-state index in [-0.39, 0.29) is 29.6 Å². The van der Waals surface area contributed by atoms with Crippen LogP contribution in [-0.2, 0) is 0 Å². The van der Waals surface area contributed by atoms with E-state index in [9.17, 15) is 0 Å². The molecule has 0 aliphatic rings. The Bertz CT molecular complexity index is 571. The van der Waals surface area contributed by atoms with Crippen LogP contribution >= 0.6 is 0 Å². The molecule has 0 radical (unpaired) electrons. The molecule has 1 aromatic heterocycles. The van der Waals surface area contributed by atoms with Crippen molar-refractivity contribution in [2.75, 3.05) is 5.32 Å². The van der Waals surface area contributed by atoms with E-state index < -0.39 is 0 Å². The number of nitrogens with zero attached hydrogens (tertiary/aromatic N) is 2. The number of aryl methyl sites for hydroxylation is 1. The Hall–Kier alpha value is -1.34. The second-order valence-electron chi connectivity index (χ2n) is 3.58. The normalized spacial score (nSPS) is 8.78. The van der Waals surface area contributed by atoms with Crippen LogP contribution in [0.15, 0.2) is 36.4 Å². The molecule has 4 heteroatoms. The summed E-state index contributed by atoms with van der Waals surface area (Å²) in [5.41, 5.74) is 2.60. The number of hydrogen-bond donors (Lipinski definition) is 1. The molecule has 3 nitrogen and oxygen atoms in total. The van der Waals surface area contributed by atoms with Gasteiger partial charge in [0.1, 0.15) is 5.69 Å². The fourth-order valence-electron chi connectivity index (χ4n) is 1.47. The van der Waals surface area contributed by atoms with E-state index in [1.165, 1.54) is 0 Å². The van der Waals surface area contributed by atoms with Crippen molar-refractivity contribution in [2.45, 2.75) is 13.8 Å². The van der Waals surface area contributed by atoms with Gasteiger partial charge in [0.25, 0.3) is 0 Å². The van der Waals surface area contributed by atoms with Crippen molar-refractivity contribution in [1.82, 2.24) is 9.97 Å². The van der Waals surface area contributed by atoms with Crippen molar-refractivity contribution in [2.24, 2.45) is 0 Å². The maximum atomic E-state index is 4.32. The van der Waals surface area contributed by atoms with E-state index >= 15 is 0 Å². The van der Waals surface area contributed by atoms with E-state index in [1.54, 1.807) is 6.92 Å². The summed E-state index contributed by atoms with van der Waals surface area (Å²) in [6.07, 6.45) is 0. The van der Waals surface area contributed by atoms with Crippen molar-refractivity contribution < 1.29 is 0 Å². The van der Waals surface area contributed by atoms with Gasteiger partial charge in [-0.1, -0.05) is 24.1 Å². The molecule has 0 saturated carbocycles. The molecule has 0 saturated heterocycles. The molecular formula is C14H14N3Na. The summed E-state index contributed by atoms with van der Waals surface area (Å²) in [6, 6.07) is 11.7. The van der Waals surface area contributed by atoms with E-state index in [1.807, 2.05) is 43.3 Å². The van der Waals surface area contributed by atoms with Gasteiger partial charge >= 0.3 is 29.6 Å². The number of nitrogens with one attached hydrogen (secondary N) is 1. The van der Waals surface area contributed by atoms with Gasteiger partial charge in [-0.2, -0.15) is 0 Å². The van der Waals surface area contributed by atoms with Gasteiger partial charge in [0.15, 0.2) is 0 Å². The third-order valence-corrected chi connectivity index (χ3v) is 2.14. The van der Waals surface area contributed by atoms with Crippen molar-refractivity contribution in [1.29, 1.82) is 0 Å². The Kier molecular flexibility index (Phi) is 5.87. The van der Waals surface area contributed by atoms with E-state index in [0.717, 1.165) is 17.1 Å². The van der Waals surface area contributed by atoms with Crippen LogP contribution in [0.4, 0.5) is 11.6 Å². The third-order valence-electron chi connectivity index (χ3n) is 2.14. The molecule has 2 rings (SSSR count). The first-order chi connectivity index (χ1) is 8.28. The van der Waals surface area contributed by atoms with Crippen molar-refractivity contribution in [3.63, 3.8) is 0 Å². The summed E-state index contributed by atoms with van der Waals surface area (Å²) in [6.45, 7) is 3.72. The molecule has 0 fully saturated rings. The number of para-hydroxylation sites is 1. The second kappa shape index (κ2) is 7.17. The van der Waals surface area contributed by atoms with Crippen LogP contribution in [0.5, 0.6) is 0 Å². The molecule has 0 aliphatic heterocycles. The first-order valence-corrected chi connectivity index (χ1v) is 5.38. The third kappa shape index (κ3) is 4.15. The van der Waals surface area contributed by atoms with Gasteiger partial charge in [-0.05, 0) is 38.0 Å². The summed E-state index contributed by atoms with van der Waals surface area (Å²) in [7, 11) is 0. The summed E-state index contributed by atoms with van der Waals surface area (Å²) < 4.78 is 0. The van der Waals surface area contributed by atoms with Crippen molar-refractivity contribution in [3.05, 3.63) is 47.8 Å². The molecule has 1 heterocycles. The standard InChI is InChI=1S/C14H13N3.Na.H/c1-3-7-13-10-11(2)15-14(17-13)16-12-8-5-4-6-9-12;;/h4-6,8-10H,1-2H3,(H,15,16,17);;. The van der Waals surface area contributed by atoms with Gasteiger partial charge in [-0.3, -0.25) is 0 Å². The molecule has 1 aromatic carbocycles. The Balaban J connectivity index is 0.00000162. The van der Waals surface area contributed by atoms with Crippen LogP contribution in [0, 0.1) is 18.8 Å². The van der Waals surface area contributed by atoms with Crippen molar-refractivity contribution >= 4 is 41.2 Å². The van der Waals surface area contributed by atoms with Gasteiger partial charge in [-0.15, -0.1) is 0 Å². The number of aromatic nitrogens is 2. The molecule has 1 N–H and O–H groups in total. The summed E-state index contributed by atoms with van der Waals surface area (Å²) in [5.74, 6) is 6.35. The summed E-state index contributed by atoms with van der Waals surface area (Å²) in [4.78, 5) is 8.64. The second-order valence-corrected chi connectivity index (χ2v) is 3.58. The molecule has 0 spiro atoms. The molecule has 0 unspecified atom stereocenters. The number of benzene rings is 1. The number of hydrogen-bond acceptors (Lipinski definition) is 3. The zero-order chi connectivity index (χ0) is 12.1. The fraction of sp³-hybridized carbons (Fsp3) is 0.143. The Labute approximate surface area is 129 Å². The van der Waals surface area contributed by atoms with Gasteiger partial charge < -0.3 is 5.32 Å². The predicted octanol–water partition coefficient (Wildman–Crippen LogP) is 2.25. The molecule has 0 bridgehead atoms. The minimum absolute atomic E-state index is 0. The van der Waals surface area contributed by atoms with Gasteiger partial charge in [0.2, 0.25) is 5.95 Å². The summed E-state index contributed by atoms with van der Waals surface area (Å²) >= 11 is 0. The summed E-state index contributed by atoms with van der Waals surface area (Å²) in [5, 5.41) is 3.15. The van der Waals surface area contributed by atoms with Crippen LogP contribution in [0.1, 0.15) is 18.3 Å². The topological polar surface area (TPSA) is 37.8 Å². The fourth-order valence-corrected chi connectivity index (χ4v) is 1.47. The molecular weight excluding hydrogens is 233 g/mol. The van der Waals surface area contributed by atoms with E-state index in [4.69, 9.17) is 0 Å². The van der Waals surface area contributed by atoms with Crippen LogP contribution in [0.3, 0.4) is 0 Å². The average Bonchev–Trinajstić information content (AvgIpc) is 2.30. The van der Waals surface area contributed by atoms with Gasteiger partial charge in [0.05, 0.1) is 0 Å². The van der Waals surface area contributed by atoms with Crippen molar-refractivity contribution in [3.8, 4) is 11.8 Å². The quantitative estimate of drug-likeness (QED) is 0.653. The monoisotopic (exact) mass is 247 g/mol.